The van der Waals surface area contributed by atoms with Gasteiger partial charge in [0.1, 0.15) is 0 Å². The number of nitrogens with two attached hydrogens (primary N) is 1. The predicted octanol–water partition coefficient (Wildman–Crippen LogP) is 1.37. The Bertz CT molecular complexity index is 271. The van der Waals surface area contributed by atoms with E-state index < -0.39 is 0 Å². The van der Waals surface area contributed by atoms with E-state index in [0.717, 1.165) is 32.1 Å². The molecular weight excluding hydrogens is 202 g/mol. The van der Waals surface area contributed by atoms with E-state index in [1.165, 1.54) is 5.57 Å². The van der Waals surface area contributed by atoms with Gasteiger partial charge in [-0.05, 0) is 38.6 Å². The lowest BCUT2D eigenvalue weighted by molar-refractivity contribution is -0.121. The van der Waals surface area contributed by atoms with Crippen molar-refractivity contribution in [3.63, 3.8) is 0 Å². The summed E-state index contributed by atoms with van der Waals surface area (Å²) in [5.41, 5.74) is 6.66. The molecule has 0 aromatic carbocycles. The molecule has 1 rings (SSSR count). The third-order valence-corrected chi connectivity index (χ3v) is 2.57. The molecule has 1 amide bonds. The molecule has 0 aromatic rings. The van der Waals surface area contributed by atoms with E-state index in [0.29, 0.717) is 19.5 Å². The van der Waals surface area contributed by atoms with Crippen LogP contribution in [0.1, 0.15) is 38.5 Å². The van der Waals surface area contributed by atoms with Crippen LogP contribution < -0.4 is 11.1 Å². The Morgan fingerprint density at radius 2 is 2.44 bits per heavy atom. The van der Waals surface area contributed by atoms with Gasteiger partial charge in [0.2, 0.25) is 5.91 Å². The van der Waals surface area contributed by atoms with Crippen LogP contribution in [0.2, 0.25) is 0 Å². The van der Waals surface area contributed by atoms with Crippen molar-refractivity contribution in [3.05, 3.63) is 11.8 Å². The minimum absolute atomic E-state index is 0.100. The highest BCUT2D eigenvalue weighted by molar-refractivity contribution is 5.75. The van der Waals surface area contributed by atoms with Crippen molar-refractivity contribution in [3.8, 4) is 0 Å². The van der Waals surface area contributed by atoms with Crippen molar-refractivity contribution in [2.45, 2.75) is 38.5 Å². The molecule has 1 aliphatic rings. The van der Waals surface area contributed by atoms with Gasteiger partial charge in [-0.15, -0.1) is 0 Å². The summed E-state index contributed by atoms with van der Waals surface area (Å²) < 4.78 is 0. The molecule has 0 spiro atoms. The Balaban J connectivity index is 2.12. The summed E-state index contributed by atoms with van der Waals surface area (Å²) in [5, 5.41) is 2.90. The highest BCUT2D eigenvalue weighted by atomic mass is 16.1. The zero-order valence-corrected chi connectivity index (χ0v) is 9.74. The van der Waals surface area contributed by atoms with Crippen LogP contribution in [0.15, 0.2) is 16.8 Å². The topological polar surface area (TPSA) is 67.5 Å². The Morgan fingerprint density at radius 3 is 3.25 bits per heavy atom. The van der Waals surface area contributed by atoms with Crippen LogP contribution in [0, 0.1) is 0 Å². The Labute approximate surface area is 97.0 Å². The first kappa shape index (κ1) is 12.9. The van der Waals surface area contributed by atoms with Crippen LogP contribution in [0.3, 0.4) is 0 Å². The summed E-state index contributed by atoms with van der Waals surface area (Å²) in [7, 11) is 0. The van der Waals surface area contributed by atoms with Gasteiger partial charge < -0.3 is 11.1 Å². The lowest BCUT2D eigenvalue weighted by Crippen LogP contribution is -2.25. The number of nitrogens with zero attached hydrogens (tertiary/aromatic N) is 1. The number of hydrogen-bond donors (Lipinski definition) is 2. The number of nitrogens with one attached hydrogen (secondary N) is 1. The maximum atomic E-state index is 11.3. The average molecular weight is 223 g/mol. The molecule has 0 radical (unpaired) electrons. The molecule has 16 heavy (non-hydrogen) atoms. The molecule has 0 saturated carbocycles. The first-order valence-corrected chi connectivity index (χ1v) is 5.99. The molecule has 0 saturated heterocycles. The third-order valence-electron chi connectivity index (χ3n) is 2.57. The molecule has 1 aliphatic heterocycles. The standard InChI is InChI=1S/C12H21N3O/c13-7-3-5-12(16)15-9-6-11-4-1-2-8-14-10-11/h8,10H,1-7,9,13H2,(H,15,16). The van der Waals surface area contributed by atoms with Gasteiger partial charge in [-0.2, -0.15) is 0 Å². The summed E-state index contributed by atoms with van der Waals surface area (Å²) in [6.45, 7) is 1.29. The first-order valence-electron chi connectivity index (χ1n) is 5.99. The van der Waals surface area contributed by atoms with E-state index in [1.54, 1.807) is 0 Å². The molecule has 90 valence electrons. The minimum Gasteiger partial charge on any atom is -0.356 e. The van der Waals surface area contributed by atoms with E-state index in [-0.39, 0.29) is 5.91 Å². The summed E-state index contributed by atoms with van der Waals surface area (Å²) >= 11 is 0. The van der Waals surface area contributed by atoms with E-state index in [1.807, 2.05) is 12.4 Å². The fraction of sp³-hybridized carbons (Fsp3) is 0.667. The van der Waals surface area contributed by atoms with E-state index in [2.05, 4.69) is 10.3 Å². The number of carbonyl (C=O) groups excluding carboxylic acids is 1. The largest absolute Gasteiger partial charge is 0.356 e. The molecular formula is C12H21N3O. The smallest absolute Gasteiger partial charge is 0.220 e. The Hall–Kier alpha value is -1.16. The Morgan fingerprint density at radius 1 is 1.56 bits per heavy atom. The summed E-state index contributed by atoms with van der Waals surface area (Å²) in [6, 6.07) is 0. The number of aliphatic imine (C=N–C) groups is 1. The van der Waals surface area contributed by atoms with Crippen molar-refractivity contribution in [1.82, 2.24) is 5.32 Å². The van der Waals surface area contributed by atoms with Crippen molar-refractivity contribution < 1.29 is 4.79 Å². The quantitative estimate of drug-likeness (QED) is 0.714. The van der Waals surface area contributed by atoms with Crippen molar-refractivity contribution in [2.75, 3.05) is 13.1 Å². The van der Waals surface area contributed by atoms with Crippen molar-refractivity contribution in [2.24, 2.45) is 10.7 Å². The molecule has 1 heterocycles. The van der Waals surface area contributed by atoms with E-state index in [9.17, 15) is 4.79 Å². The van der Waals surface area contributed by atoms with Gasteiger partial charge in [0, 0.05) is 25.4 Å². The normalized spacial score (nSPS) is 15.4. The van der Waals surface area contributed by atoms with Crippen molar-refractivity contribution in [1.29, 1.82) is 0 Å². The number of carbonyl (C=O) groups is 1. The maximum absolute atomic E-state index is 11.3. The SMILES string of the molecule is NCCCC(=O)NCCC1=CN=CCCC1. The number of rotatable bonds is 6. The van der Waals surface area contributed by atoms with E-state index >= 15 is 0 Å². The Kier molecular flexibility index (Phi) is 6.49. The molecule has 0 aliphatic carbocycles. The zero-order chi connectivity index (χ0) is 11.6. The van der Waals surface area contributed by atoms with Crippen LogP contribution >= 0.6 is 0 Å². The molecule has 0 fully saturated rings. The summed E-state index contributed by atoms with van der Waals surface area (Å²) in [6.07, 6.45) is 9.40. The van der Waals surface area contributed by atoms with Crippen molar-refractivity contribution >= 4 is 12.1 Å². The van der Waals surface area contributed by atoms with Gasteiger partial charge in [0.25, 0.3) is 0 Å². The van der Waals surface area contributed by atoms with Crippen LogP contribution in [0.25, 0.3) is 0 Å². The van der Waals surface area contributed by atoms with Gasteiger partial charge in [0.15, 0.2) is 0 Å². The van der Waals surface area contributed by atoms with Gasteiger partial charge in [-0.1, -0.05) is 5.57 Å². The van der Waals surface area contributed by atoms with Crippen LogP contribution in [-0.4, -0.2) is 25.2 Å². The fourth-order valence-corrected chi connectivity index (χ4v) is 1.62. The molecule has 4 heteroatoms. The highest BCUT2D eigenvalue weighted by Gasteiger charge is 2.02. The van der Waals surface area contributed by atoms with E-state index in [4.69, 9.17) is 5.73 Å². The minimum atomic E-state index is 0.100. The lowest BCUT2D eigenvalue weighted by Gasteiger charge is -2.06. The monoisotopic (exact) mass is 223 g/mol. The average Bonchev–Trinajstić information content (AvgIpc) is 2.55. The number of hydrogen-bond acceptors (Lipinski definition) is 3. The van der Waals surface area contributed by atoms with Gasteiger partial charge in [-0.25, -0.2) is 0 Å². The molecule has 4 nitrogen and oxygen atoms in total. The second-order valence-corrected chi connectivity index (χ2v) is 4.00. The second-order valence-electron chi connectivity index (χ2n) is 4.00. The second kappa shape index (κ2) is 8.05. The molecule has 0 atom stereocenters. The molecule has 0 unspecified atom stereocenters. The fourth-order valence-electron chi connectivity index (χ4n) is 1.62. The molecule has 3 N–H and O–H groups in total. The van der Waals surface area contributed by atoms with Crippen LogP contribution in [0.5, 0.6) is 0 Å². The van der Waals surface area contributed by atoms with Gasteiger partial charge in [0.05, 0.1) is 0 Å². The predicted molar refractivity (Wildman–Crippen MR) is 66.3 cm³/mol. The third kappa shape index (κ3) is 5.66. The molecule has 0 bridgehead atoms. The van der Waals surface area contributed by atoms with Crippen LogP contribution in [0.4, 0.5) is 0 Å². The van der Waals surface area contributed by atoms with Gasteiger partial charge >= 0.3 is 0 Å². The lowest BCUT2D eigenvalue weighted by atomic mass is 10.1. The zero-order valence-electron chi connectivity index (χ0n) is 9.74. The summed E-state index contributed by atoms with van der Waals surface area (Å²) in [4.78, 5) is 15.5. The maximum Gasteiger partial charge on any atom is 0.220 e. The first-order chi connectivity index (χ1) is 7.83. The van der Waals surface area contributed by atoms with Gasteiger partial charge in [-0.3, -0.25) is 9.79 Å². The number of amides is 1. The molecule has 0 aromatic heterocycles. The highest BCUT2D eigenvalue weighted by Crippen LogP contribution is 2.13. The van der Waals surface area contributed by atoms with Crippen LogP contribution in [-0.2, 0) is 4.79 Å². The summed E-state index contributed by atoms with van der Waals surface area (Å²) in [5.74, 6) is 0.100.